The van der Waals surface area contributed by atoms with Gasteiger partial charge in [-0.1, -0.05) is 0 Å². The van der Waals surface area contributed by atoms with Gasteiger partial charge < -0.3 is 9.80 Å². The number of likely N-dealkylation sites (N-methyl/N-ethyl adjacent to an activating group) is 1. The van der Waals surface area contributed by atoms with Crippen LogP contribution in [0.25, 0.3) is 0 Å². The van der Waals surface area contributed by atoms with Gasteiger partial charge in [0, 0.05) is 32.4 Å². The average Bonchev–Trinajstić information content (AvgIpc) is 2.30. The summed E-state index contributed by atoms with van der Waals surface area (Å²) in [6.07, 6.45) is 1.41. The maximum Gasteiger partial charge on any atom is 0.166 e. The molecule has 16 heavy (non-hydrogen) atoms. The van der Waals surface area contributed by atoms with Crippen LogP contribution in [0.5, 0.6) is 0 Å². The topological polar surface area (TPSA) is 43.2 Å². The lowest BCUT2D eigenvalue weighted by Gasteiger charge is -2.33. The van der Waals surface area contributed by atoms with Gasteiger partial charge in [0.05, 0.1) is 5.56 Å². The first-order valence-corrected chi connectivity index (χ1v) is 5.20. The molecule has 0 N–H and O–H groups in total. The van der Waals surface area contributed by atoms with E-state index in [1.54, 1.807) is 0 Å². The Kier molecular flexibility index (Phi) is 3.02. The molecule has 1 aromatic rings. The highest BCUT2D eigenvalue weighted by Gasteiger charge is 2.18. The summed E-state index contributed by atoms with van der Waals surface area (Å²) in [6.45, 7) is 3.35. The van der Waals surface area contributed by atoms with Crippen LogP contribution < -0.4 is 4.90 Å². The van der Waals surface area contributed by atoms with E-state index in [1.807, 2.05) is 18.0 Å². The van der Waals surface area contributed by atoms with Crippen molar-refractivity contribution in [1.82, 2.24) is 9.88 Å². The fourth-order valence-corrected chi connectivity index (χ4v) is 1.74. The van der Waals surface area contributed by atoms with Crippen LogP contribution >= 0.6 is 0 Å². The van der Waals surface area contributed by atoms with Crippen LogP contribution in [0.2, 0.25) is 0 Å². The zero-order chi connectivity index (χ0) is 11.5. The highest BCUT2D eigenvalue weighted by atomic mass is 19.1. The van der Waals surface area contributed by atoms with E-state index in [2.05, 4.69) is 9.88 Å². The summed E-state index contributed by atoms with van der Waals surface area (Å²) in [5.74, 6) is -0.0595. The Morgan fingerprint density at radius 3 is 2.62 bits per heavy atom. The SMILES string of the molecule is CN1CCN(c2ncc(C#N)cc2F)CC1. The van der Waals surface area contributed by atoms with Crippen LogP contribution in [0.1, 0.15) is 5.56 Å². The van der Waals surface area contributed by atoms with Crippen molar-refractivity contribution in [2.75, 3.05) is 38.1 Å². The molecule has 0 spiro atoms. The highest BCUT2D eigenvalue weighted by molar-refractivity contribution is 5.44. The number of nitriles is 1. The predicted octanol–water partition coefficient (Wildman–Crippen LogP) is 0.844. The van der Waals surface area contributed by atoms with Crippen molar-refractivity contribution in [1.29, 1.82) is 5.26 Å². The first-order valence-electron chi connectivity index (χ1n) is 5.20. The molecule has 1 aliphatic heterocycles. The second-order valence-electron chi connectivity index (χ2n) is 3.93. The summed E-state index contributed by atoms with van der Waals surface area (Å²) in [7, 11) is 2.04. The highest BCUT2D eigenvalue weighted by Crippen LogP contribution is 2.18. The lowest BCUT2D eigenvalue weighted by Crippen LogP contribution is -2.45. The largest absolute Gasteiger partial charge is 0.352 e. The fourth-order valence-electron chi connectivity index (χ4n) is 1.74. The smallest absolute Gasteiger partial charge is 0.166 e. The van der Waals surface area contributed by atoms with Gasteiger partial charge in [0.2, 0.25) is 0 Å². The van der Waals surface area contributed by atoms with Crippen molar-refractivity contribution in [3.8, 4) is 6.07 Å². The number of pyridine rings is 1. The van der Waals surface area contributed by atoms with Gasteiger partial charge in [-0.05, 0) is 13.1 Å². The van der Waals surface area contributed by atoms with E-state index in [9.17, 15) is 4.39 Å². The van der Waals surface area contributed by atoms with E-state index < -0.39 is 5.82 Å². The molecule has 0 unspecified atom stereocenters. The third kappa shape index (κ3) is 2.12. The van der Waals surface area contributed by atoms with Gasteiger partial charge in [-0.25, -0.2) is 9.37 Å². The number of hydrogen-bond acceptors (Lipinski definition) is 4. The quantitative estimate of drug-likeness (QED) is 0.703. The first-order chi connectivity index (χ1) is 7.70. The Morgan fingerprint density at radius 2 is 2.06 bits per heavy atom. The molecule has 1 aromatic heterocycles. The minimum Gasteiger partial charge on any atom is -0.352 e. The average molecular weight is 220 g/mol. The zero-order valence-electron chi connectivity index (χ0n) is 9.15. The van der Waals surface area contributed by atoms with Gasteiger partial charge in [0.1, 0.15) is 6.07 Å². The van der Waals surface area contributed by atoms with Crippen molar-refractivity contribution in [2.45, 2.75) is 0 Å². The normalized spacial score (nSPS) is 17.2. The van der Waals surface area contributed by atoms with Gasteiger partial charge in [0.15, 0.2) is 11.6 Å². The molecular weight excluding hydrogens is 207 g/mol. The molecule has 0 aromatic carbocycles. The minimum atomic E-state index is -0.413. The molecule has 0 bridgehead atoms. The van der Waals surface area contributed by atoms with Crippen molar-refractivity contribution in [3.05, 3.63) is 23.6 Å². The molecule has 1 saturated heterocycles. The second-order valence-corrected chi connectivity index (χ2v) is 3.93. The Balaban J connectivity index is 2.18. The van der Waals surface area contributed by atoms with Crippen molar-refractivity contribution in [2.24, 2.45) is 0 Å². The van der Waals surface area contributed by atoms with Crippen molar-refractivity contribution in [3.63, 3.8) is 0 Å². The summed E-state index contributed by atoms with van der Waals surface area (Å²) >= 11 is 0. The first kappa shape index (κ1) is 10.8. The number of anilines is 1. The number of piperazine rings is 1. The van der Waals surface area contributed by atoms with Crippen molar-refractivity contribution >= 4 is 5.82 Å². The van der Waals surface area contributed by atoms with Gasteiger partial charge in [0.25, 0.3) is 0 Å². The molecule has 0 radical (unpaired) electrons. The fraction of sp³-hybridized carbons (Fsp3) is 0.455. The molecule has 0 aliphatic carbocycles. The van der Waals surface area contributed by atoms with E-state index in [0.29, 0.717) is 5.82 Å². The monoisotopic (exact) mass is 220 g/mol. The summed E-state index contributed by atoms with van der Waals surface area (Å²) in [6, 6.07) is 3.11. The number of nitrogens with zero attached hydrogens (tertiary/aromatic N) is 4. The third-order valence-electron chi connectivity index (χ3n) is 2.75. The minimum absolute atomic E-state index is 0.260. The second kappa shape index (κ2) is 4.45. The molecule has 2 heterocycles. The van der Waals surface area contributed by atoms with E-state index in [-0.39, 0.29) is 5.56 Å². The molecule has 0 atom stereocenters. The Labute approximate surface area is 93.9 Å². The van der Waals surface area contributed by atoms with Crippen LogP contribution in [-0.4, -0.2) is 43.1 Å². The summed E-state index contributed by atoms with van der Waals surface area (Å²) in [5, 5.41) is 8.62. The van der Waals surface area contributed by atoms with Crippen LogP contribution in [-0.2, 0) is 0 Å². The van der Waals surface area contributed by atoms with Crippen LogP contribution in [0.4, 0.5) is 10.2 Å². The zero-order valence-corrected chi connectivity index (χ0v) is 9.15. The standard InChI is InChI=1S/C11H13FN4/c1-15-2-4-16(5-3-15)11-10(12)6-9(7-13)8-14-11/h6,8H,2-5H2,1H3. The summed E-state index contributed by atoms with van der Waals surface area (Å²) < 4.78 is 13.6. The molecule has 84 valence electrons. The lowest BCUT2D eigenvalue weighted by molar-refractivity contribution is 0.310. The van der Waals surface area contributed by atoms with Crippen LogP contribution in [0.3, 0.4) is 0 Å². The molecule has 4 nitrogen and oxygen atoms in total. The molecule has 5 heteroatoms. The molecule has 0 amide bonds. The van der Waals surface area contributed by atoms with E-state index in [4.69, 9.17) is 5.26 Å². The molecule has 0 saturated carbocycles. The lowest BCUT2D eigenvalue weighted by atomic mass is 10.2. The Bertz CT molecular complexity index is 418. The maximum atomic E-state index is 13.6. The van der Waals surface area contributed by atoms with E-state index in [0.717, 1.165) is 26.2 Å². The number of rotatable bonds is 1. The van der Waals surface area contributed by atoms with Gasteiger partial charge in [-0.2, -0.15) is 5.26 Å². The van der Waals surface area contributed by atoms with E-state index >= 15 is 0 Å². The molecule has 2 rings (SSSR count). The number of halogens is 1. The molecule has 1 fully saturated rings. The molecule has 1 aliphatic rings. The predicted molar refractivity (Wildman–Crippen MR) is 58.6 cm³/mol. The number of hydrogen-bond donors (Lipinski definition) is 0. The summed E-state index contributed by atoms with van der Waals surface area (Å²) in [4.78, 5) is 8.11. The number of aromatic nitrogens is 1. The van der Waals surface area contributed by atoms with Crippen LogP contribution in [0, 0.1) is 17.1 Å². The summed E-state index contributed by atoms with van der Waals surface area (Å²) in [5.41, 5.74) is 0.260. The van der Waals surface area contributed by atoms with Gasteiger partial charge in [-0.15, -0.1) is 0 Å². The van der Waals surface area contributed by atoms with Gasteiger partial charge >= 0.3 is 0 Å². The van der Waals surface area contributed by atoms with Crippen molar-refractivity contribution < 1.29 is 4.39 Å². The van der Waals surface area contributed by atoms with Crippen LogP contribution in [0.15, 0.2) is 12.3 Å². The van der Waals surface area contributed by atoms with E-state index in [1.165, 1.54) is 12.3 Å². The molecular formula is C11H13FN4. The maximum absolute atomic E-state index is 13.6. The van der Waals surface area contributed by atoms with Gasteiger partial charge in [-0.3, -0.25) is 0 Å². The Hall–Kier alpha value is -1.67. The Morgan fingerprint density at radius 1 is 1.38 bits per heavy atom. The third-order valence-corrected chi connectivity index (χ3v) is 2.75.